The van der Waals surface area contributed by atoms with E-state index in [0.29, 0.717) is 5.56 Å². The molecule has 0 aliphatic heterocycles. The zero-order valence-electron chi connectivity index (χ0n) is 10.8. The lowest BCUT2D eigenvalue weighted by molar-refractivity contribution is -0.139. The first-order chi connectivity index (χ1) is 8.77. The van der Waals surface area contributed by atoms with Crippen molar-refractivity contribution in [3.8, 4) is 0 Å². The molecule has 0 bridgehead atoms. The molecule has 1 unspecified atom stereocenters. The first-order valence-electron chi connectivity index (χ1n) is 6.00. The summed E-state index contributed by atoms with van der Waals surface area (Å²) >= 11 is 0. The Bertz CT molecular complexity index is 383. The number of nitrogens with zero attached hydrogens (tertiary/aromatic N) is 1. The van der Waals surface area contributed by atoms with E-state index in [0.717, 1.165) is 0 Å². The number of halogens is 3. The second-order valence-electron chi connectivity index (χ2n) is 4.70. The zero-order valence-corrected chi connectivity index (χ0v) is 10.8. The minimum Gasteiger partial charge on any atom is -0.382 e. The van der Waals surface area contributed by atoms with E-state index in [9.17, 15) is 18.3 Å². The summed E-state index contributed by atoms with van der Waals surface area (Å²) in [5, 5.41) is 10.4. The van der Waals surface area contributed by atoms with Gasteiger partial charge in [-0.15, -0.1) is 0 Å². The number of nitrogens with two attached hydrogens (primary N) is 1. The second kappa shape index (κ2) is 6.36. The van der Waals surface area contributed by atoms with Gasteiger partial charge in [-0.2, -0.15) is 13.2 Å². The molecule has 0 amide bonds. The summed E-state index contributed by atoms with van der Waals surface area (Å²) in [6.45, 7) is -0.157. The van der Waals surface area contributed by atoms with Crippen LogP contribution in [0.25, 0.3) is 0 Å². The summed E-state index contributed by atoms with van der Waals surface area (Å²) in [6, 6.07) is 8.74. The Morgan fingerprint density at radius 2 is 1.79 bits per heavy atom. The number of likely N-dealkylation sites (N-methyl/N-ethyl adjacent to an activating group) is 1. The first kappa shape index (κ1) is 15.9. The van der Waals surface area contributed by atoms with E-state index in [1.54, 1.807) is 30.3 Å². The topological polar surface area (TPSA) is 49.5 Å². The van der Waals surface area contributed by atoms with Crippen molar-refractivity contribution in [3.05, 3.63) is 35.9 Å². The number of benzene rings is 1. The van der Waals surface area contributed by atoms with Crippen LogP contribution in [0.2, 0.25) is 0 Å². The summed E-state index contributed by atoms with van der Waals surface area (Å²) in [4.78, 5) is 1.44. The lowest BCUT2D eigenvalue weighted by Gasteiger charge is -2.32. The molecule has 0 saturated carbocycles. The third-order valence-electron chi connectivity index (χ3n) is 2.96. The molecule has 108 valence electrons. The molecule has 1 atom stereocenters. The van der Waals surface area contributed by atoms with Crippen molar-refractivity contribution in [2.45, 2.75) is 18.2 Å². The number of aliphatic hydroxyl groups is 1. The summed E-state index contributed by atoms with van der Waals surface area (Å²) in [6.07, 6.45) is -5.10. The van der Waals surface area contributed by atoms with Gasteiger partial charge in [0.25, 0.3) is 0 Å². The van der Waals surface area contributed by atoms with Crippen LogP contribution in [0, 0.1) is 0 Å². The summed E-state index contributed by atoms with van der Waals surface area (Å²) in [7, 11) is 1.54. The quantitative estimate of drug-likeness (QED) is 0.831. The normalized spacial score (nSPS) is 15.5. The van der Waals surface area contributed by atoms with Gasteiger partial charge in [0.15, 0.2) is 0 Å². The second-order valence-corrected chi connectivity index (χ2v) is 4.70. The Kier molecular flexibility index (Phi) is 5.34. The molecule has 0 aliphatic rings. The lowest BCUT2D eigenvalue weighted by atomic mass is 9.93. The first-order valence-corrected chi connectivity index (χ1v) is 6.00. The van der Waals surface area contributed by atoms with Gasteiger partial charge in [0.2, 0.25) is 0 Å². The van der Waals surface area contributed by atoms with Gasteiger partial charge in [0.1, 0.15) is 5.60 Å². The van der Waals surface area contributed by atoms with Gasteiger partial charge in [-0.25, -0.2) is 0 Å². The fourth-order valence-corrected chi connectivity index (χ4v) is 1.87. The van der Waals surface area contributed by atoms with Gasteiger partial charge >= 0.3 is 6.18 Å². The Morgan fingerprint density at radius 1 is 1.21 bits per heavy atom. The predicted molar refractivity (Wildman–Crippen MR) is 67.6 cm³/mol. The molecule has 3 nitrogen and oxygen atoms in total. The van der Waals surface area contributed by atoms with Crippen molar-refractivity contribution in [1.82, 2.24) is 4.90 Å². The number of hydrogen-bond donors (Lipinski definition) is 2. The van der Waals surface area contributed by atoms with Gasteiger partial charge in [-0.05, 0) is 12.6 Å². The highest BCUT2D eigenvalue weighted by molar-refractivity contribution is 5.23. The Hall–Kier alpha value is -1.11. The van der Waals surface area contributed by atoms with Crippen molar-refractivity contribution in [1.29, 1.82) is 0 Å². The largest absolute Gasteiger partial charge is 0.390 e. The third kappa shape index (κ3) is 5.18. The molecular weight excluding hydrogens is 257 g/mol. The average molecular weight is 276 g/mol. The predicted octanol–water partition coefficient (Wildman–Crippen LogP) is 1.72. The highest BCUT2D eigenvalue weighted by Crippen LogP contribution is 2.23. The van der Waals surface area contributed by atoms with E-state index in [1.807, 2.05) is 0 Å². The minimum absolute atomic E-state index is 0.0482. The molecule has 0 radical (unpaired) electrons. The van der Waals surface area contributed by atoms with Gasteiger partial charge in [0, 0.05) is 19.6 Å². The Labute approximate surface area is 110 Å². The number of alkyl halides is 3. The fourth-order valence-electron chi connectivity index (χ4n) is 1.87. The summed E-state index contributed by atoms with van der Waals surface area (Å²) in [5.74, 6) is 0. The van der Waals surface area contributed by atoms with E-state index < -0.39 is 18.2 Å². The highest BCUT2D eigenvalue weighted by atomic mass is 19.4. The molecule has 0 spiro atoms. The van der Waals surface area contributed by atoms with Crippen LogP contribution in [-0.4, -0.2) is 42.9 Å². The van der Waals surface area contributed by atoms with Crippen LogP contribution in [-0.2, 0) is 5.60 Å². The Morgan fingerprint density at radius 3 is 2.26 bits per heavy atom. The van der Waals surface area contributed by atoms with Gasteiger partial charge in [-0.3, -0.25) is 0 Å². The van der Waals surface area contributed by atoms with Gasteiger partial charge in [-0.1, -0.05) is 30.3 Å². The fraction of sp³-hybridized carbons (Fsp3) is 0.538. The molecular formula is C13H19F3N2O. The van der Waals surface area contributed by atoms with Crippen molar-refractivity contribution in [2.75, 3.05) is 26.7 Å². The van der Waals surface area contributed by atoms with Gasteiger partial charge in [0.05, 0.1) is 6.42 Å². The van der Waals surface area contributed by atoms with E-state index in [4.69, 9.17) is 5.73 Å². The maximum Gasteiger partial charge on any atom is 0.390 e. The van der Waals surface area contributed by atoms with Crippen LogP contribution in [0.4, 0.5) is 13.2 Å². The van der Waals surface area contributed by atoms with E-state index in [2.05, 4.69) is 0 Å². The summed E-state index contributed by atoms with van der Waals surface area (Å²) in [5.41, 5.74) is 4.85. The molecule has 0 saturated heterocycles. The Balaban J connectivity index is 2.66. The average Bonchev–Trinajstić information content (AvgIpc) is 2.36. The summed E-state index contributed by atoms with van der Waals surface area (Å²) < 4.78 is 36.4. The van der Waals surface area contributed by atoms with Crippen LogP contribution < -0.4 is 5.73 Å². The molecule has 1 rings (SSSR count). The minimum atomic E-state index is -4.19. The van der Waals surface area contributed by atoms with Crippen molar-refractivity contribution < 1.29 is 18.3 Å². The smallest absolute Gasteiger partial charge is 0.382 e. The van der Waals surface area contributed by atoms with E-state index in [1.165, 1.54) is 11.9 Å². The van der Waals surface area contributed by atoms with Crippen LogP contribution in [0.1, 0.15) is 12.0 Å². The highest BCUT2D eigenvalue weighted by Gasteiger charge is 2.31. The molecule has 19 heavy (non-hydrogen) atoms. The van der Waals surface area contributed by atoms with E-state index in [-0.39, 0.29) is 19.6 Å². The molecule has 0 aromatic heterocycles. The molecule has 6 heteroatoms. The zero-order chi connectivity index (χ0) is 14.5. The standard InChI is InChI=1S/C13H19F3N2O/c1-18(8-7-13(14,15)16)10-12(19,9-17)11-5-3-2-4-6-11/h2-6,19H,7-10,17H2,1H3. The molecule has 0 heterocycles. The maximum absolute atomic E-state index is 12.1. The monoisotopic (exact) mass is 276 g/mol. The third-order valence-corrected chi connectivity index (χ3v) is 2.96. The molecule has 1 aromatic carbocycles. The number of rotatable bonds is 6. The van der Waals surface area contributed by atoms with Gasteiger partial charge < -0.3 is 15.7 Å². The van der Waals surface area contributed by atoms with Crippen LogP contribution >= 0.6 is 0 Å². The SMILES string of the molecule is CN(CCC(F)(F)F)CC(O)(CN)c1ccccc1. The van der Waals surface area contributed by atoms with Crippen molar-refractivity contribution in [3.63, 3.8) is 0 Å². The van der Waals surface area contributed by atoms with Crippen LogP contribution in [0.3, 0.4) is 0 Å². The number of hydrogen-bond acceptors (Lipinski definition) is 3. The van der Waals surface area contributed by atoms with Crippen molar-refractivity contribution >= 4 is 0 Å². The molecule has 1 aromatic rings. The lowest BCUT2D eigenvalue weighted by Crippen LogP contribution is -2.45. The maximum atomic E-state index is 12.1. The van der Waals surface area contributed by atoms with E-state index >= 15 is 0 Å². The molecule has 0 fully saturated rings. The molecule has 0 aliphatic carbocycles. The van der Waals surface area contributed by atoms with Crippen molar-refractivity contribution in [2.24, 2.45) is 5.73 Å². The van der Waals surface area contributed by atoms with Crippen LogP contribution in [0.5, 0.6) is 0 Å². The molecule has 3 N–H and O–H groups in total. The van der Waals surface area contributed by atoms with Crippen LogP contribution in [0.15, 0.2) is 30.3 Å².